The van der Waals surface area contributed by atoms with E-state index >= 15 is 0 Å². The molecule has 0 fully saturated rings. The summed E-state index contributed by atoms with van der Waals surface area (Å²) >= 11 is 7.40. The Morgan fingerprint density at radius 2 is 2.30 bits per heavy atom. The van der Waals surface area contributed by atoms with Crippen molar-refractivity contribution >= 4 is 28.8 Å². The first kappa shape index (κ1) is 14.8. The second-order valence-corrected chi connectivity index (χ2v) is 5.32. The summed E-state index contributed by atoms with van der Waals surface area (Å²) in [4.78, 5) is 12.0. The van der Waals surface area contributed by atoms with Gasteiger partial charge < -0.3 is 15.2 Å². The molecule has 2 aromatic rings. The monoisotopic (exact) mass is 311 g/mol. The van der Waals surface area contributed by atoms with Crippen LogP contribution < -0.4 is 10.1 Å². The third-order valence-corrected chi connectivity index (χ3v) is 3.81. The zero-order chi connectivity index (χ0) is 14.5. The van der Waals surface area contributed by atoms with Crippen molar-refractivity contribution in [1.29, 1.82) is 0 Å². The minimum absolute atomic E-state index is 0.153. The SMILES string of the molecule is COc1cc(C(=O)NCC(O)c2ccsc2)ccc1Cl. The molecular weight excluding hydrogens is 298 g/mol. The van der Waals surface area contributed by atoms with Crippen LogP contribution in [0.5, 0.6) is 5.75 Å². The molecule has 1 atom stereocenters. The standard InChI is InChI=1S/C14H14ClNO3S/c1-19-13-6-9(2-3-11(13)15)14(18)16-7-12(17)10-4-5-20-8-10/h2-6,8,12,17H,7H2,1H3,(H,16,18). The van der Waals surface area contributed by atoms with Crippen LogP contribution in [-0.2, 0) is 0 Å². The number of rotatable bonds is 5. The smallest absolute Gasteiger partial charge is 0.251 e. The number of benzene rings is 1. The molecule has 0 aliphatic carbocycles. The first-order valence-corrected chi connectivity index (χ1v) is 7.26. The molecule has 0 saturated carbocycles. The number of amides is 1. The lowest BCUT2D eigenvalue weighted by molar-refractivity contribution is 0.0916. The van der Waals surface area contributed by atoms with Crippen molar-refractivity contribution in [1.82, 2.24) is 5.32 Å². The Balaban J connectivity index is 1.98. The van der Waals surface area contributed by atoms with Crippen LogP contribution in [0.3, 0.4) is 0 Å². The maximum atomic E-state index is 12.0. The molecule has 2 N–H and O–H groups in total. The fourth-order valence-electron chi connectivity index (χ4n) is 1.67. The molecule has 1 aromatic carbocycles. The second-order valence-electron chi connectivity index (χ2n) is 4.13. The summed E-state index contributed by atoms with van der Waals surface area (Å²) in [6.45, 7) is 0.153. The van der Waals surface area contributed by atoms with Crippen LogP contribution >= 0.6 is 22.9 Å². The zero-order valence-corrected chi connectivity index (χ0v) is 12.4. The number of hydrogen-bond acceptors (Lipinski definition) is 4. The number of aliphatic hydroxyl groups excluding tert-OH is 1. The fourth-order valence-corrected chi connectivity index (χ4v) is 2.58. The Morgan fingerprint density at radius 1 is 1.50 bits per heavy atom. The Bertz CT molecular complexity index is 586. The van der Waals surface area contributed by atoms with E-state index in [2.05, 4.69) is 5.32 Å². The molecule has 0 aliphatic rings. The van der Waals surface area contributed by atoms with Gasteiger partial charge in [-0.15, -0.1) is 0 Å². The molecule has 0 bridgehead atoms. The van der Waals surface area contributed by atoms with Crippen LogP contribution in [0.4, 0.5) is 0 Å². The van der Waals surface area contributed by atoms with E-state index in [1.54, 1.807) is 18.2 Å². The summed E-state index contributed by atoms with van der Waals surface area (Å²) < 4.78 is 5.06. The number of methoxy groups -OCH3 is 1. The quantitative estimate of drug-likeness (QED) is 0.892. The van der Waals surface area contributed by atoms with Gasteiger partial charge in [0.1, 0.15) is 5.75 Å². The van der Waals surface area contributed by atoms with Crippen LogP contribution in [0.15, 0.2) is 35.0 Å². The highest BCUT2D eigenvalue weighted by Gasteiger charge is 2.12. The molecule has 1 aromatic heterocycles. The van der Waals surface area contributed by atoms with E-state index in [-0.39, 0.29) is 12.5 Å². The minimum atomic E-state index is -0.709. The molecule has 6 heteroatoms. The highest BCUT2D eigenvalue weighted by atomic mass is 35.5. The van der Waals surface area contributed by atoms with Crippen molar-refractivity contribution in [2.45, 2.75) is 6.10 Å². The van der Waals surface area contributed by atoms with Crippen LogP contribution in [-0.4, -0.2) is 24.7 Å². The van der Waals surface area contributed by atoms with Gasteiger partial charge >= 0.3 is 0 Å². The van der Waals surface area contributed by atoms with Gasteiger partial charge in [0.2, 0.25) is 0 Å². The van der Waals surface area contributed by atoms with E-state index in [0.29, 0.717) is 16.3 Å². The van der Waals surface area contributed by atoms with Gasteiger partial charge in [-0.2, -0.15) is 11.3 Å². The van der Waals surface area contributed by atoms with Crippen LogP contribution in [0.25, 0.3) is 0 Å². The van der Waals surface area contributed by atoms with Crippen molar-refractivity contribution in [2.75, 3.05) is 13.7 Å². The number of halogens is 1. The number of aliphatic hydroxyl groups is 1. The predicted molar refractivity (Wildman–Crippen MR) is 79.6 cm³/mol. The average Bonchev–Trinajstić information content (AvgIpc) is 2.99. The van der Waals surface area contributed by atoms with Gasteiger partial charge in [0.25, 0.3) is 5.91 Å². The van der Waals surface area contributed by atoms with Gasteiger partial charge in [-0.25, -0.2) is 0 Å². The Labute approximate surface area is 126 Å². The number of carbonyl (C=O) groups excluding carboxylic acids is 1. The lowest BCUT2D eigenvalue weighted by Crippen LogP contribution is -2.28. The molecule has 0 spiro atoms. The Kier molecular flexibility index (Phi) is 5.00. The van der Waals surface area contributed by atoms with Gasteiger partial charge in [-0.3, -0.25) is 4.79 Å². The number of hydrogen-bond donors (Lipinski definition) is 2. The van der Waals surface area contributed by atoms with Gasteiger partial charge in [-0.05, 0) is 40.6 Å². The van der Waals surface area contributed by atoms with Gasteiger partial charge in [0, 0.05) is 12.1 Å². The molecule has 106 valence electrons. The molecule has 0 aliphatic heterocycles. The number of thiophene rings is 1. The van der Waals surface area contributed by atoms with Crippen molar-refractivity contribution in [3.05, 3.63) is 51.2 Å². The first-order valence-electron chi connectivity index (χ1n) is 5.93. The normalized spacial score (nSPS) is 11.9. The summed E-state index contributed by atoms with van der Waals surface area (Å²) in [7, 11) is 1.49. The highest BCUT2D eigenvalue weighted by molar-refractivity contribution is 7.07. The minimum Gasteiger partial charge on any atom is -0.495 e. The Morgan fingerprint density at radius 3 is 2.95 bits per heavy atom. The van der Waals surface area contributed by atoms with Gasteiger partial charge in [0.15, 0.2) is 0 Å². The summed E-state index contributed by atoms with van der Waals surface area (Å²) in [5.74, 6) is 0.159. The predicted octanol–water partition coefficient (Wildman–Crippen LogP) is 2.87. The van der Waals surface area contributed by atoms with Crippen molar-refractivity contribution < 1.29 is 14.6 Å². The Hall–Kier alpha value is -1.56. The molecule has 4 nitrogen and oxygen atoms in total. The summed E-state index contributed by atoms with van der Waals surface area (Å²) in [5.41, 5.74) is 1.23. The van der Waals surface area contributed by atoms with E-state index in [0.717, 1.165) is 5.56 Å². The van der Waals surface area contributed by atoms with Gasteiger partial charge in [0.05, 0.1) is 18.2 Å². The van der Waals surface area contributed by atoms with Crippen LogP contribution in [0, 0.1) is 0 Å². The molecule has 1 amide bonds. The zero-order valence-electron chi connectivity index (χ0n) is 10.8. The van der Waals surface area contributed by atoms with E-state index < -0.39 is 6.10 Å². The van der Waals surface area contributed by atoms with Crippen molar-refractivity contribution in [3.8, 4) is 5.75 Å². The summed E-state index contributed by atoms with van der Waals surface area (Å²) in [6.07, 6.45) is -0.709. The maximum absolute atomic E-state index is 12.0. The average molecular weight is 312 g/mol. The van der Waals surface area contributed by atoms with E-state index in [1.807, 2.05) is 16.8 Å². The third-order valence-electron chi connectivity index (χ3n) is 2.80. The maximum Gasteiger partial charge on any atom is 0.251 e. The number of ether oxygens (including phenoxy) is 1. The van der Waals surface area contributed by atoms with E-state index in [4.69, 9.17) is 16.3 Å². The first-order chi connectivity index (χ1) is 9.61. The van der Waals surface area contributed by atoms with Crippen LogP contribution in [0.1, 0.15) is 22.0 Å². The van der Waals surface area contributed by atoms with Crippen LogP contribution in [0.2, 0.25) is 5.02 Å². The van der Waals surface area contributed by atoms with Crippen molar-refractivity contribution in [2.24, 2.45) is 0 Å². The second kappa shape index (κ2) is 6.74. The molecular formula is C14H14ClNO3S. The largest absolute Gasteiger partial charge is 0.495 e. The molecule has 0 saturated heterocycles. The van der Waals surface area contributed by atoms with E-state index in [9.17, 15) is 9.90 Å². The lowest BCUT2D eigenvalue weighted by Gasteiger charge is -2.11. The fraction of sp³-hybridized carbons (Fsp3) is 0.214. The number of carbonyl (C=O) groups is 1. The number of nitrogens with one attached hydrogen (secondary N) is 1. The molecule has 1 heterocycles. The topological polar surface area (TPSA) is 58.6 Å². The third kappa shape index (κ3) is 3.50. The van der Waals surface area contributed by atoms with Crippen molar-refractivity contribution in [3.63, 3.8) is 0 Å². The molecule has 0 radical (unpaired) electrons. The summed E-state index contributed by atoms with van der Waals surface area (Å²) in [5, 5.41) is 16.7. The highest BCUT2D eigenvalue weighted by Crippen LogP contribution is 2.25. The molecule has 2 rings (SSSR count). The molecule has 1 unspecified atom stereocenters. The van der Waals surface area contributed by atoms with Gasteiger partial charge in [-0.1, -0.05) is 11.6 Å². The molecule has 20 heavy (non-hydrogen) atoms. The summed E-state index contributed by atoms with van der Waals surface area (Å²) in [6, 6.07) is 6.60. The lowest BCUT2D eigenvalue weighted by atomic mass is 10.1. The van der Waals surface area contributed by atoms with E-state index in [1.165, 1.54) is 18.4 Å².